The van der Waals surface area contributed by atoms with E-state index in [0.29, 0.717) is 0 Å². The smallest absolute Gasteiger partial charge is 0.121 e. The van der Waals surface area contributed by atoms with Crippen LogP contribution < -0.4 is 10.5 Å². The van der Waals surface area contributed by atoms with Crippen LogP contribution in [0, 0.1) is 6.92 Å². The Labute approximate surface area is 103 Å². The summed E-state index contributed by atoms with van der Waals surface area (Å²) in [5, 5.41) is 9.96. The maximum atomic E-state index is 9.96. The highest BCUT2D eigenvalue weighted by atomic mass is 16.5. The van der Waals surface area contributed by atoms with Crippen LogP contribution in [0.15, 0.2) is 18.2 Å². The number of aliphatic hydroxyl groups excluding tert-OH is 1. The Hall–Kier alpha value is -1.10. The lowest BCUT2D eigenvalue weighted by molar-refractivity contribution is 0.0823. The fourth-order valence-corrected chi connectivity index (χ4v) is 2.08. The Morgan fingerprint density at radius 3 is 2.47 bits per heavy atom. The Morgan fingerprint density at radius 1 is 1.41 bits per heavy atom. The first-order valence-corrected chi connectivity index (χ1v) is 5.70. The van der Waals surface area contributed by atoms with Crippen LogP contribution in [0.1, 0.15) is 17.2 Å². The fraction of sp³-hybridized carbons (Fsp3) is 0.538. The van der Waals surface area contributed by atoms with E-state index in [0.717, 1.165) is 16.9 Å². The van der Waals surface area contributed by atoms with Crippen molar-refractivity contribution in [3.8, 4) is 5.75 Å². The van der Waals surface area contributed by atoms with Crippen molar-refractivity contribution in [2.45, 2.75) is 19.1 Å². The number of hydrogen-bond acceptors (Lipinski definition) is 4. The highest BCUT2D eigenvalue weighted by Gasteiger charge is 2.22. The first-order valence-electron chi connectivity index (χ1n) is 5.70. The monoisotopic (exact) mass is 238 g/mol. The Kier molecular flexibility index (Phi) is 4.93. The molecule has 0 heterocycles. The molecule has 0 spiro atoms. The van der Waals surface area contributed by atoms with Crippen molar-refractivity contribution in [3.05, 3.63) is 29.3 Å². The van der Waals surface area contributed by atoms with Crippen molar-refractivity contribution < 1.29 is 9.84 Å². The van der Waals surface area contributed by atoms with E-state index in [1.165, 1.54) is 0 Å². The van der Waals surface area contributed by atoms with Crippen molar-refractivity contribution in [2.75, 3.05) is 27.7 Å². The number of benzene rings is 1. The van der Waals surface area contributed by atoms with Gasteiger partial charge in [0.15, 0.2) is 0 Å². The van der Waals surface area contributed by atoms with E-state index in [9.17, 15) is 5.11 Å². The largest absolute Gasteiger partial charge is 0.496 e. The van der Waals surface area contributed by atoms with Gasteiger partial charge >= 0.3 is 0 Å². The summed E-state index contributed by atoms with van der Waals surface area (Å²) >= 11 is 0. The van der Waals surface area contributed by atoms with Gasteiger partial charge in [0.1, 0.15) is 5.75 Å². The van der Waals surface area contributed by atoms with Crippen LogP contribution >= 0.6 is 0 Å². The predicted molar refractivity (Wildman–Crippen MR) is 69.2 cm³/mol. The maximum absolute atomic E-state index is 9.96. The summed E-state index contributed by atoms with van der Waals surface area (Å²) in [7, 11) is 5.52. The molecule has 0 saturated heterocycles. The zero-order valence-electron chi connectivity index (χ0n) is 11.0. The molecule has 1 aromatic carbocycles. The number of rotatable bonds is 5. The van der Waals surface area contributed by atoms with Crippen molar-refractivity contribution in [1.29, 1.82) is 0 Å². The van der Waals surface area contributed by atoms with Crippen molar-refractivity contribution in [2.24, 2.45) is 5.73 Å². The molecule has 4 heteroatoms. The summed E-state index contributed by atoms with van der Waals surface area (Å²) in [6, 6.07) is 5.83. The summed E-state index contributed by atoms with van der Waals surface area (Å²) < 4.78 is 5.23. The average molecular weight is 238 g/mol. The van der Waals surface area contributed by atoms with Gasteiger partial charge in [-0.3, -0.25) is 0 Å². The van der Waals surface area contributed by atoms with E-state index in [4.69, 9.17) is 10.5 Å². The third-order valence-electron chi connectivity index (χ3n) is 2.92. The summed E-state index contributed by atoms with van der Waals surface area (Å²) in [5.41, 5.74) is 7.64. The number of hydrogen-bond donors (Lipinski definition) is 2. The van der Waals surface area contributed by atoms with Gasteiger partial charge < -0.3 is 20.5 Å². The Morgan fingerprint density at radius 2 is 2.06 bits per heavy atom. The quantitative estimate of drug-likeness (QED) is 0.801. The Bertz CT molecular complexity index is 366. The van der Waals surface area contributed by atoms with Crippen LogP contribution in [0.5, 0.6) is 5.75 Å². The second kappa shape index (κ2) is 6.00. The van der Waals surface area contributed by atoms with Crippen molar-refractivity contribution in [3.63, 3.8) is 0 Å². The molecular formula is C13H22N2O2. The van der Waals surface area contributed by atoms with Gasteiger partial charge in [-0.2, -0.15) is 0 Å². The van der Waals surface area contributed by atoms with Crippen LogP contribution in [0.2, 0.25) is 0 Å². The molecule has 96 valence electrons. The molecule has 1 rings (SSSR count). The minimum Gasteiger partial charge on any atom is -0.496 e. The highest BCUT2D eigenvalue weighted by molar-refractivity contribution is 5.37. The lowest BCUT2D eigenvalue weighted by Gasteiger charge is -2.29. The minimum absolute atomic E-state index is 0.0930. The maximum Gasteiger partial charge on any atom is 0.121 e. The lowest BCUT2D eigenvalue weighted by atomic mass is 9.98. The zero-order chi connectivity index (χ0) is 13.0. The van der Waals surface area contributed by atoms with Gasteiger partial charge in [-0.15, -0.1) is 0 Å². The standard InChI is InChI=1S/C13H22N2O2/c1-9-7-10(5-6-12(9)17-4)13(15(2)3)11(16)8-14/h5-7,11,13,16H,8,14H2,1-4H3. The summed E-state index contributed by atoms with van der Waals surface area (Å²) in [5.74, 6) is 0.855. The van der Waals surface area contributed by atoms with E-state index < -0.39 is 6.10 Å². The SMILES string of the molecule is COc1ccc(C(C(O)CN)N(C)C)cc1C. The lowest BCUT2D eigenvalue weighted by Crippen LogP contribution is -2.36. The number of methoxy groups -OCH3 is 1. The molecule has 0 aromatic heterocycles. The highest BCUT2D eigenvalue weighted by Crippen LogP contribution is 2.26. The number of ether oxygens (including phenoxy) is 1. The molecule has 2 unspecified atom stereocenters. The van der Waals surface area contributed by atoms with Gasteiger partial charge in [0.2, 0.25) is 0 Å². The van der Waals surface area contributed by atoms with Gasteiger partial charge in [0.05, 0.1) is 19.3 Å². The van der Waals surface area contributed by atoms with E-state index in [-0.39, 0.29) is 12.6 Å². The molecule has 0 fully saturated rings. The molecule has 0 bridgehead atoms. The molecule has 0 aliphatic carbocycles. The molecular weight excluding hydrogens is 216 g/mol. The molecule has 3 N–H and O–H groups in total. The van der Waals surface area contributed by atoms with Gasteiger partial charge in [-0.05, 0) is 38.2 Å². The molecule has 0 saturated carbocycles. The number of nitrogens with two attached hydrogens (primary N) is 1. The number of likely N-dealkylation sites (N-methyl/N-ethyl adjacent to an activating group) is 1. The Balaban J connectivity index is 3.07. The third kappa shape index (κ3) is 3.19. The molecule has 2 atom stereocenters. The van der Waals surface area contributed by atoms with Crippen LogP contribution in [0.25, 0.3) is 0 Å². The summed E-state index contributed by atoms with van der Waals surface area (Å²) in [4.78, 5) is 1.97. The summed E-state index contributed by atoms with van der Waals surface area (Å²) in [6.07, 6.45) is -0.571. The second-order valence-corrected chi connectivity index (χ2v) is 4.44. The fourth-order valence-electron chi connectivity index (χ4n) is 2.08. The number of aliphatic hydroxyl groups is 1. The van der Waals surface area contributed by atoms with Crippen LogP contribution in [-0.2, 0) is 0 Å². The molecule has 1 aromatic rings. The van der Waals surface area contributed by atoms with Gasteiger partial charge in [0, 0.05) is 6.54 Å². The number of aryl methyl sites for hydroxylation is 1. The topological polar surface area (TPSA) is 58.7 Å². The number of nitrogens with zero attached hydrogens (tertiary/aromatic N) is 1. The molecule has 17 heavy (non-hydrogen) atoms. The molecule has 4 nitrogen and oxygen atoms in total. The van der Waals surface area contributed by atoms with Crippen LogP contribution in [0.3, 0.4) is 0 Å². The van der Waals surface area contributed by atoms with E-state index in [1.807, 2.05) is 44.1 Å². The van der Waals surface area contributed by atoms with Crippen molar-refractivity contribution >= 4 is 0 Å². The second-order valence-electron chi connectivity index (χ2n) is 4.44. The third-order valence-corrected chi connectivity index (χ3v) is 2.92. The van der Waals surface area contributed by atoms with Gasteiger partial charge in [0.25, 0.3) is 0 Å². The van der Waals surface area contributed by atoms with Crippen LogP contribution in [0.4, 0.5) is 0 Å². The van der Waals surface area contributed by atoms with E-state index in [2.05, 4.69) is 0 Å². The molecule has 0 radical (unpaired) electrons. The molecule has 0 aliphatic heterocycles. The zero-order valence-corrected chi connectivity index (χ0v) is 11.0. The van der Waals surface area contributed by atoms with Gasteiger partial charge in [-0.1, -0.05) is 12.1 Å². The van der Waals surface area contributed by atoms with Crippen LogP contribution in [-0.4, -0.2) is 43.9 Å². The molecule has 0 amide bonds. The first kappa shape index (κ1) is 14.0. The predicted octanol–water partition coefficient (Wildman–Crippen LogP) is 0.926. The molecule has 0 aliphatic rings. The summed E-state index contributed by atoms with van der Waals surface area (Å²) in [6.45, 7) is 2.23. The average Bonchev–Trinajstić information content (AvgIpc) is 2.28. The normalized spacial score (nSPS) is 14.8. The van der Waals surface area contributed by atoms with Gasteiger partial charge in [-0.25, -0.2) is 0 Å². The first-order chi connectivity index (χ1) is 8.01. The van der Waals surface area contributed by atoms with Crippen molar-refractivity contribution in [1.82, 2.24) is 4.90 Å². The minimum atomic E-state index is -0.571. The van der Waals surface area contributed by atoms with E-state index >= 15 is 0 Å². The van der Waals surface area contributed by atoms with E-state index in [1.54, 1.807) is 7.11 Å².